The summed E-state index contributed by atoms with van der Waals surface area (Å²) < 4.78 is 0. The Morgan fingerprint density at radius 2 is 2.00 bits per heavy atom. The third kappa shape index (κ3) is 3.60. The van der Waals surface area contributed by atoms with Gasteiger partial charge in [0.05, 0.1) is 10.5 Å². The number of carbonyl (C=O) groups is 1. The lowest BCUT2D eigenvalue weighted by atomic mass is 10.1. The zero-order valence-corrected chi connectivity index (χ0v) is 15.8. The van der Waals surface area contributed by atoms with Gasteiger partial charge in [0.15, 0.2) is 11.6 Å². The van der Waals surface area contributed by atoms with Crippen LogP contribution < -0.4 is 5.32 Å². The first kappa shape index (κ1) is 17.4. The van der Waals surface area contributed by atoms with Crippen LogP contribution in [0.25, 0.3) is 22.8 Å². The molecule has 0 aliphatic rings. The van der Waals surface area contributed by atoms with Crippen molar-refractivity contribution in [1.82, 2.24) is 20.2 Å². The number of benzene rings is 2. The van der Waals surface area contributed by atoms with Gasteiger partial charge in [-0.25, -0.2) is 9.97 Å². The molecule has 0 unspecified atom stereocenters. The van der Waals surface area contributed by atoms with Gasteiger partial charge in [-0.1, -0.05) is 23.7 Å². The lowest BCUT2D eigenvalue weighted by Gasteiger charge is -2.04. The Morgan fingerprint density at radius 1 is 1.19 bits per heavy atom. The molecule has 6 nitrogen and oxygen atoms in total. The number of hydrogen-bond donors (Lipinski definition) is 2. The van der Waals surface area contributed by atoms with E-state index in [4.69, 9.17) is 11.6 Å². The van der Waals surface area contributed by atoms with Crippen LogP contribution >= 0.6 is 22.9 Å². The Kier molecular flexibility index (Phi) is 4.70. The maximum absolute atomic E-state index is 12.0. The molecule has 0 saturated carbocycles. The number of amides is 1. The molecule has 2 N–H and O–H groups in total. The summed E-state index contributed by atoms with van der Waals surface area (Å²) >= 11 is 7.74. The monoisotopic (exact) mass is 395 g/mol. The number of halogens is 1. The van der Waals surface area contributed by atoms with Gasteiger partial charge >= 0.3 is 0 Å². The number of aryl methyl sites for hydroxylation is 1. The van der Waals surface area contributed by atoms with E-state index in [0.717, 1.165) is 16.7 Å². The van der Waals surface area contributed by atoms with E-state index in [1.54, 1.807) is 23.0 Å². The summed E-state index contributed by atoms with van der Waals surface area (Å²) in [5, 5.41) is 12.4. The number of anilines is 1. The lowest BCUT2D eigenvalue weighted by molar-refractivity contribution is 0.102. The molecule has 4 aromatic rings. The summed E-state index contributed by atoms with van der Waals surface area (Å²) in [7, 11) is 0. The molecule has 0 aliphatic heterocycles. The highest BCUT2D eigenvalue weighted by Gasteiger charge is 2.12. The van der Waals surface area contributed by atoms with Gasteiger partial charge < -0.3 is 5.32 Å². The molecule has 134 valence electrons. The van der Waals surface area contributed by atoms with Crippen molar-refractivity contribution < 1.29 is 4.79 Å². The maximum Gasteiger partial charge on any atom is 0.275 e. The van der Waals surface area contributed by atoms with Crippen molar-refractivity contribution in [3.05, 3.63) is 69.6 Å². The van der Waals surface area contributed by atoms with E-state index in [1.807, 2.05) is 37.3 Å². The predicted octanol–water partition coefficient (Wildman–Crippen LogP) is 4.81. The number of H-pyrrole nitrogens is 1. The molecule has 0 spiro atoms. The molecule has 8 heteroatoms. The molecular formula is C19H14ClN5OS. The van der Waals surface area contributed by atoms with Gasteiger partial charge in [0, 0.05) is 22.2 Å². The van der Waals surface area contributed by atoms with Crippen molar-refractivity contribution in [3.8, 4) is 22.8 Å². The van der Waals surface area contributed by atoms with Crippen LogP contribution in [-0.2, 0) is 0 Å². The molecule has 0 saturated heterocycles. The summed E-state index contributed by atoms with van der Waals surface area (Å²) in [6, 6.07) is 13.1. The number of nitrogens with one attached hydrogen (secondary N) is 2. The van der Waals surface area contributed by atoms with E-state index in [2.05, 4.69) is 25.5 Å². The van der Waals surface area contributed by atoms with Gasteiger partial charge in [-0.2, -0.15) is 5.10 Å². The van der Waals surface area contributed by atoms with Gasteiger partial charge in [0.2, 0.25) is 0 Å². The quantitative estimate of drug-likeness (QED) is 0.519. The minimum absolute atomic E-state index is 0.238. The first-order valence-electron chi connectivity index (χ1n) is 8.09. The summed E-state index contributed by atoms with van der Waals surface area (Å²) in [6.07, 6.45) is 0. The van der Waals surface area contributed by atoms with Crippen molar-refractivity contribution in [2.45, 2.75) is 6.92 Å². The van der Waals surface area contributed by atoms with Crippen molar-refractivity contribution in [2.75, 3.05) is 5.32 Å². The number of aromatic nitrogens is 4. The lowest BCUT2D eigenvalue weighted by Crippen LogP contribution is -2.11. The Balaban J connectivity index is 1.54. The Hall–Kier alpha value is -3.03. The van der Waals surface area contributed by atoms with Crippen LogP contribution in [0.4, 0.5) is 5.69 Å². The van der Waals surface area contributed by atoms with Crippen molar-refractivity contribution in [1.29, 1.82) is 0 Å². The zero-order valence-electron chi connectivity index (χ0n) is 14.2. The second-order valence-electron chi connectivity index (χ2n) is 5.85. The average Bonchev–Trinajstić information content (AvgIpc) is 3.36. The second-order valence-corrected chi connectivity index (χ2v) is 6.95. The summed E-state index contributed by atoms with van der Waals surface area (Å²) in [6.45, 7) is 1.95. The average molecular weight is 396 g/mol. The van der Waals surface area contributed by atoms with Gasteiger partial charge in [-0.3, -0.25) is 9.89 Å². The van der Waals surface area contributed by atoms with Crippen LogP contribution in [0.2, 0.25) is 5.02 Å². The second kappa shape index (κ2) is 7.30. The van der Waals surface area contributed by atoms with Crippen LogP contribution in [0.15, 0.2) is 53.4 Å². The highest BCUT2D eigenvalue weighted by molar-refractivity contribution is 7.07. The molecule has 2 heterocycles. The van der Waals surface area contributed by atoms with Crippen molar-refractivity contribution in [3.63, 3.8) is 0 Å². The molecular weight excluding hydrogens is 382 g/mol. The van der Waals surface area contributed by atoms with E-state index in [0.29, 0.717) is 28.1 Å². The fourth-order valence-corrected chi connectivity index (χ4v) is 3.31. The Labute approximate surface area is 164 Å². The van der Waals surface area contributed by atoms with Gasteiger partial charge in [0.1, 0.15) is 5.69 Å². The summed E-state index contributed by atoms with van der Waals surface area (Å²) in [4.78, 5) is 20.6. The minimum Gasteiger partial charge on any atom is -0.321 e. The van der Waals surface area contributed by atoms with Crippen molar-refractivity contribution >= 4 is 34.5 Å². The predicted molar refractivity (Wildman–Crippen MR) is 107 cm³/mol. The van der Waals surface area contributed by atoms with E-state index in [1.165, 1.54) is 11.3 Å². The van der Waals surface area contributed by atoms with Gasteiger partial charge in [0.25, 0.3) is 5.91 Å². The molecule has 4 rings (SSSR count). The molecule has 2 aromatic heterocycles. The van der Waals surface area contributed by atoms with E-state index >= 15 is 0 Å². The third-order valence-electron chi connectivity index (χ3n) is 4.00. The SMILES string of the molecule is Cc1cccc(-c2nc(-c3ccc(NC(=O)c4cscn4)cc3)n[nH]2)c1Cl. The zero-order chi connectivity index (χ0) is 18.8. The van der Waals surface area contributed by atoms with Gasteiger partial charge in [-0.05, 0) is 42.8 Å². The minimum atomic E-state index is -0.238. The Bertz CT molecular complexity index is 1090. The Morgan fingerprint density at radius 3 is 2.74 bits per heavy atom. The fraction of sp³-hybridized carbons (Fsp3) is 0.0526. The van der Waals surface area contributed by atoms with E-state index in [-0.39, 0.29) is 5.91 Å². The van der Waals surface area contributed by atoms with Crippen LogP contribution in [0, 0.1) is 6.92 Å². The first-order chi connectivity index (χ1) is 13.1. The smallest absolute Gasteiger partial charge is 0.275 e. The maximum atomic E-state index is 12.0. The number of nitrogens with zero attached hydrogens (tertiary/aromatic N) is 3. The largest absolute Gasteiger partial charge is 0.321 e. The number of carbonyl (C=O) groups excluding carboxylic acids is 1. The summed E-state index contributed by atoms with van der Waals surface area (Å²) in [5.74, 6) is 0.929. The number of hydrogen-bond acceptors (Lipinski definition) is 5. The summed E-state index contributed by atoms with van der Waals surface area (Å²) in [5.41, 5.74) is 5.31. The molecule has 27 heavy (non-hydrogen) atoms. The third-order valence-corrected chi connectivity index (χ3v) is 5.09. The molecule has 0 fully saturated rings. The number of thiazole rings is 1. The highest BCUT2D eigenvalue weighted by atomic mass is 35.5. The number of rotatable bonds is 4. The standard InChI is InChI=1S/C19H14ClN5OS/c1-11-3-2-4-14(16(11)20)18-23-17(24-25-18)12-5-7-13(8-6-12)22-19(26)15-9-27-10-21-15/h2-10H,1H3,(H,22,26)(H,23,24,25). The van der Waals surface area contributed by atoms with Gasteiger partial charge in [-0.15, -0.1) is 11.3 Å². The van der Waals surface area contributed by atoms with Crippen LogP contribution in [0.3, 0.4) is 0 Å². The molecule has 2 aromatic carbocycles. The molecule has 1 amide bonds. The topological polar surface area (TPSA) is 83.6 Å². The number of aromatic amines is 1. The van der Waals surface area contributed by atoms with Crippen LogP contribution in [0.5, 0.6) is 0 Å². The molecule has 0 bridgehead atoms. The molecule has 0 radical (unpaired) electrons. The molecule has 0 atom stereocenters. The molecule has 0 aliphatic carbocycles. The first-order valence-corrected chi connectivity index (χ1v) is 9.42. The van der Waals surface area contributed by atoms with E-state index in [9.17, 15) is 4.79 Å². The normalized spacial score (nSPS) is 10.7. The van der Waals surface area contributed by atoms with Crippen LogP contribution in [-0.4, -0.2) is 26.1 Å². The van der Waals surface area contributed by atoms with E-state index < -0.39 is 0 Å². The van der Waals surface area contributed by atoms with Crippen molar-refractivity contribution in [2.24, 2.45) is 0 Å². The fourth-order valence-electron chi connectivity index (χ4n) is 2.56. The highest BCUT2D eigenvalue weighted by Crippen LogP contribution is 2.29. The van der Waals surface area contributed by atoms with Crippen LogP contribution in [0.1, 0.15) is 16.1 Å².